The van der Waals surface area contributed by atoms with E-state index in [2.05, 4.69) is 190 Å². The number of hydrogen-bond donors (Lipinski definition) is 4. The van der Waals surface area contributed by atoms with E-state index < -0.39 is 54.8 Å². The van der Waals surface area contributed by atoms with Crippen LogP contribution >= 0.6 is 147 Å². The van der Waals surface area contributed by atoms with Gasteiger partial charge < -0.3 is 20.0 Å². The van der Waals surface area contributed by atoms with E-state index in [1.165, 1.54) is 5.56 Å². The Morgan fingerprint density at radius 2 is 1.45 bits per heavy atom. The lowest BCUT2D eigenvalue weighted by molar-refractivity contribution is -0.438. The Labute approximate surface area is 534 Å². The summed E-state index contributed by atoms with van der Waals surface area (Å²) in [5.74, 6) is -3.77. The van der Waals surface area contributed by atoms with Crippen LogP contribution in [-0.2, 0) is 40.7 Å². The molecule has 0 saturated carbocycles. The van der Waals surface area contributed by atoms with Crippen molar-refractivity contribution >= 4 is 202 Å². The van der Waals surface area contributed by atoms with Gasteiger partial charge in [0.2, 0.25) is 5.69 Å². The van der Waals surface area contributed by atoms with Gasteiger partial charge in [0.15, 0.2) is 11.6 Å². The molecular weight excluding hydrogens is 1710 g/mol. The van der Waals surface area contributed by atoms with Crippen molar-refractivity contribution in [2.24, 2.45) is 5.92 Å². The Hall–Kier alpha value is -0.620. The number of carbonyl (C=O) groups is 2. The van der Waals surface area contributed by atoms with Crippen LogP contribution in [0.3, 0.4) is 0 Å². The van der Waals surface area contributed by atoms with Gasteiger partial charge in [0.05, 0.1) is 22.6 Å². The third kappa shape index (κ3) is 15.3. The molecule has 0 spiro atoms. The molecule has 3 aromatic carbocycles. The molecule has 6 rings (SSSR count). The molecule has 13 nitrogen and oxygen atoms in total. The summed E-state index contributed by atoms with van der Waals surface area (Å²) in [5, 5.41) is 20.6. The molecule has 3 atom stereocenters. The van der Waals surface area contributed by atoms with Crippen LogP contribution in [0.25, 0.3) is 0 Å². The van der Waals surface area contributed by atoms with Crippen molar-refractivity contribution in [2.75, 3.05) is 42.1 Å². The van der Waals surface area contributed by atoms with E-state index in [-0.39, 0.29) is 12.2 Å². The van der Waals surface area contributed by atoms with E-state index in [0.29, 0.717) is 62.9 Å². The fourth-order valence-corrected chi connectivity index (χ4v) is 18.3. The molecule has 0 amide bonds. The van der Waals surface area contributed by atoms with Crippen molar-refractivity contribution < 1.29 is 50.3 Å². The van der Waals surface area contributed by atoms with E-state index in [9.17, 15) is 45.7 Å². The highest BCUT2D eigenvalue weighted by atomic mass is 127. The fourth-order valence-electron chi connectivity index (χ4n) is 10.8. The quantitative estimate of drug-likeness (QED) is 0.0206. The second kappa shape index (κ2) is 27.6. The van der Waals surface area contributed by atoms with Gasteiger partial charge in [-0.1, -0.05) is 56.5 Å². The summed E-state index contributed by atoms with van der Waals surface area (Å²) in [7, 11) is -4.71. The zero-order valence-corrected chi connectivity index (χ0v) is 58.3. The molecule has 414 valence electrons. The maximum atomic E-state index is 13.6. The van der Waals surface area contributed by atoms with E-state index in [1.54, 1.807) is 16.7 Å². The lowest BCUT2D eigenvalue weighted by Gasteiger charge is -2.35. The number of carboxylic acid groups (broad SMARTS) is 2. The predicted molar refractivity (Wildman–Crippen MR) is 357 cm³/mol. The monoisotopic (exact) mass is 1770 g/mol. The zero-order valence-electron chi connectivity index (χ0n) is 42.9. The van der Waals surface area contributed by atoms with Crippen molar-refractivity contribution in [3.8, 4) is 0 Å². The maximum absolute atomic E-state index is 13.6. The van der Waals surface area contributed by atoms with Gasteiger partial charge in [-0.25, -0.2) is 0 Å². The van der Waals surface area contributed by atoms with Gasteiger partial charge in [0.1, 0.15) is 6.54 Å². The van der Waals surface area contributed by atoms with Gasteiger partial charge in [0.25, 0.3) is 20.2 Å². The summed E-state index contributed by atoms with van der Waals surface area (Å²) in [4.78, 5) is 30.8. The Balaban J connectivity index is 1.60. The first-order valence-electron chi connectivity index (χ1n) is 25.1. The average molecular weight is 1770 g/mol. The van der Waals surface area contributed by atoms with Crippen molar-refractivity contribution in [3.05, 3.63) is 115 Å². The van der Waals surface area contributed by atoms with E-state index >= 15 is 0 Å². The third-order valence-corrected chi connectivity index (χ3v) is 27.4. The Morgan fingerprint density at radius 3 is 2.05 bits per heavy atom. The number of rotatable bonds is 25. The summed E-state index contributed by atoms with van der Waals surface area (Å²) >= 11 is 15.7. The lowest BCUT2D eigenvalue weighted by atomic mass is 9.69. The molecule has 2 aliphatic heterocycles. The lowest BCUT2D eigenvalue weighted by Crippen LogP contribution is -2.41. The average Bonchev–Trinajstić information content (AvgIpc) is 3.70. The standard InChI is InChI=1S/C54H63I6N3O10S3/c1-6-7-17-37(52(66)67)54(3)43(63(32-76(71,72)73)41-31-39(56)48(58)50(60)46(41)54)26-20-34-16-14-15-33(51(34)74-36-23-21-35(22-24-36)61(4)5)19-25-42-53(2,27-11-8-10-18-44(64)65)45-40(30-38(55)47(57)49(45)59)62(42)28-12-9-13-29-75(68,69)70/h19-26,30-31,37H,6-18,27-29,32H2,1-5H3,(H3-,64,65,66,67,68,69,70,71,72,73)/p+1. The van der Waals surface area contributed by atoms with Crippen molar-refractivity contribution in [1.82, 2.24) is 0 Å². The van der Waals surface area contributed by atoms with Crippen LogP contribution in [0.1, 0.15) is 122 Å². The summed E-state index contributed by atoms with van der Waals surface area (Å²) < 4.78 is 77.9. The number of allylic oxidation sites excluding steroid dienone is 7. The Kier molecular flexibility index (Phi) is 23.5. The van der Waals surface area contributed by atoms with E-state index in [1.807, 2.05) is 51.1 Å². The number of hydrogen-bond acceptors (Lipinski definition) is 9. The van der Waals surface area contributed by atoms with E-state index in [4.69, 9.17) is 0 Å². The first-order valence-corrected chi connectivity index (χ1v) is 35.6. The normalized spacial score (nSPS) is 20.4. The molecule has 76 heavy (non-hydrogen) atoms. The Morgan fingerprint density at radius 1 is 0.803 bits per heavy atom. The number of benzene rings is 3. The van der Waals surface area contributed by atoms with Gasteiger partial charge in [-0.3, -0.25) is 18.7 Å². The summed E-state index contributed by atoms with van der Waals surface area (Å²) in [6.45, 7) is 6.82. The molecule has 0 fully saturated rings. The van der Waals surface area contributed by atoms with Gasteiger partial charge >= 0.3 is 11.9 Å². The number of carboxylic acids is 2. The minimum atomic E-state index is -4.61. The molecule has 1 aliphatic carbocycles. The number of anilines is 2. The first-order chi connectivity index (χ1) is 35.6. The second-order valence-electron chi connectivity index (χ2n) is 20.1. The number of thioether (sulfide) groups is 1. The molecule has 0 bridgehead atoms. The number of unbranched alkanes of at least 4 members (excludes halogenated alkanes) is 5. The molecule has 22 heteroatoms. The fraction of sp³-hybridized carbons (Fsp3) is 0.463. The molecule has 3 aromatic rings. The largest absolute Gasteiger partial charge is 0.481 e. The highest BCUT2D eigenvalue weighted by molar-refractivity contribution is 14.1. The third-order valence-electron chi connectivity index (χ3n) is 14.5. The van der Waals surface area contributed by atoms with Crippen LogP contribution in [0.5, 0.6) is 0 Å². The van der Waals surface area contributed by atoms with Crippen LogP contribution in [0.4, 0.5) is 17.1 Å². The van der Waals surface area contributed by atoms with Crippen molar-refractivity contribution in [2.45, 2.75) is 126 Å². The number of nitrogens with zero attached hydrogens (tertiary/aromatic N) is 3. The summed E-state index contributed by atoms with van der Waals surface area (Å²) in [5.41, 5.74) is 6.62. The van der Waals surface area contributed by atoms with Gasteiger partial charge in [-0.05, 0) is 248 Å². The van der Waals surface area contributed by atoms with E-state index in [0.717, 1.165) is 104 Å². The number of halogens is 6. The Bertz CT molecular complexity index is 3130. The highest BCUT2D eigenvalue weighted by Crippen LogP contribution is 2.57. The van der Waals surface area contributed by atoms with Crippen LogP contribution in [-0.4, -0.2) is 90.6 Å². The zero-order chi connectivity index (χ0) is 56.1. The van der Waals surface area contributed by atoms with Gasteiger partial charge in [-0.15, -0.1) is 0 Å². The van der Waals surface area contributed by atoms with Crippen LogP contribution in [0.2, 0.25) is 0 Å². The van der Waals surface area contributed by atoms with Crippen LogP contribution in [0.15, 0.2) is 87.3 Å². The predicted octanol–water partition coefficient (Wildman–Crippen LogP) is 14.9. The van der Waals surface area contributed by atoms with Crippen LogP contribution < -0.4 is 9.80 Å². The minimum absolute atomic E-state index is 0.105. The maximum Gasteiger partial charge on any atom is 0.307 e. The molecule has 0 aromatic heterocycles. The second-order valence-corrected chi connectivity index (χ2v) is 30.8. The SMILES string of the molecule is CCCCC(C(=O)O)C1(C)/C(=C/C=C2\CCCC(/C=C/C3=[N+](CCCCCS(=O)(=O)O)c4cc(I)c(I)c(I)c4C3(C)CCCCCC(=O)O)=C2Sc2ccc(N(C)C)cc2)N(CS(=O)(=O)O)c2cc(I)c(I)c(I)c21. The number of fused-ring (bicyclic) bond motifs is 2. The molecule has 4 N–H and O–H groups in total. The smallest absolute Gasteiger partial charge is 0.307 e. The molecule has 3 unspecified atom stereocenters. The van der Waals surface area contributed by atoms with Gasteiger partial charge in [-0.2, -0.15) is 21.4 Å². The molecular formula is C54H64I6N3O10S3+. The van der Waals surface area contributed by atoms with Crippen molar-refractivity contribution in [1.29, 1.82) is 0 Å². The number of aliphatic carboxylic acids is 2. The molecule has 2 heterocycles. The minimum Gasteiger partial charge on any atom is -0.481 e. The first kappa shape index (κ1) is 64.5. The molecule has 0 radical (unpaired) electrons. The summed E-state index contributed by atoms with van der Waals surface area (Å²) in [6.07, 6.45) is 17.0. The highest BCUT2D eigenvalue weighted by Gasteiger charge is 2.54. The summed E-state index contributed by atoms with van der Waals surface area (Å²) in [6, 6.07) is 12.5. The van der Waals surface area contributed by atoms with Crippen molar-refractivity contribution in [3.63, 3.8) is 0 Å². The topological polar surface area (TPSA) is 193 Å². The van der Waals surface area contributed by atoms with Crippen LogP contribution in [0, 0.1) is 27.3 Å². The molecule has 3 aliphatic rings. The van der Waals surface area contributed by atoms with Gasteiger partial charge in [0, 0.05) is 98.4 Å². The molecule has 0 saturated heterocycles.